The fraction of sp³-hybridized carbons (Fsp3) is 0.250. The predicted octanol–water partition coefficient (Wildman–Crippen LogP) is 2.98. The highest BCUT2D eigenvalue weighted by Crippen LogP contribution is 2.34. The largest absolute Gasteiger partial charge is 0.391 e. The maximum atomic E-state index is 9.21. The highest BCUT2D eigenvalue weighted by atomic mass is 32.2. The molecule has 18 heavy (non-hydrogen) atoms. The van der Waals surface area contributed by atoms with Crippen LogP contribution in [0.5, 0.6) is 0 Å². The molecule has 0 radical (unpaired) electrons. The zero-order valence-electron chi connectivity index (χ0n) is 10.3. The van der Waals surface area contributed by atoms with Gasteiger partial charge in [0.2, 0.25) is 0 Å². The zero-order valence-corrected chi connectivity index (χ0v) is 11.1. The molecule has 0 aliphatic carbocycles. The molecule has 1 heterocycles. The summed E-state index contributed by atoms with van der Waals surface area (Å²) in [5.74, 6) is 3.12. The first-order valence-electron chi connectivity index (χ1n) is 6.29. The van der Waals surface area contributed by atoms with Gasteiger partial charge in [0, 0.05) is 11.1 Å². The number of fused-ring (bicyclic) bond motifs is 3. The minimum absolute atomic E-state index is 0.265. The molecule has 0 unspecified atom stereocenters. The quantitative estimate of drug-likeness (QED) is 0.820. The van der Waals surface area contributed by atoms with E-state index in [4.69, 9.17) is 0 Å². The Kier molecular flexibility index (Phi) is 3.39. The zero-order chi connectivity index (χ0) is 12.4. The van der Waals surface area contributed by atoms with Gasteiger partial charge in [-0.25, -0.2) is 0 Å². The number of rotatable bonds is 2. The van der Waals surface area contributed by atoms with Crippen LogP contribution < -0.4 is 0 Å². The van der Waals surface area contributed by atoms with Crippen LogP contribution in [-0.2, 0) is 22.4 Å². The molecule has 0 fully saturated rings. The standard InChI is InChI=1S/C16H17OS/c17-9-10-18-11-13-5-1-3-7-15(13)16-8-4-2-6-14(16)12-18/h1-8,17H,9-12H2/q+1. The Morgan fingerprint density at radius 2 is 1.33 bits per heavy atom. The van der Waals surface area contributed by atoms with Crippen molar-refractivity contribution in [3.63, 3.8) is 0 Å². The van der Waals surface area contributed by atoms with Gasteiger partial charge < -0.3 is 5.11 Å². The van der Waals surface area contributed by atoms with Crippen LogP contribution >= 0.6 is 0 Å². The lowest BCUT2D eigenvalue weighted by atomic mass is 9.97. The van der Waals surface area contributed by atoms with Gasteiger partial charge in [0.25, 0.3) is 0 Å². The van der Waals surface area contributed by atoms with E-state index in [1.807, 2.05) is 0 Å². The Balaban J connectivity index is 2.12. The van der Waals surface area contributed by atoms with Crippen LogP contribution in [0.2, 0.25) is 0 Å². The Hall–Kier alpha value is -1.25. The summed E-state index contributed by atoms with van der Waals surface area (Å²) < 4.78 is 0. The molecule has 1 aliphatic heterocycles. The van der Waals surface area contributed by atoms with Crippen molar-refractivity contribution in [1.29, 1.82) is 0 Å². The number of aliphatic hydroxyl groups excluding tert-OH is 1. The summed E-state index contributed by atoms with van der Waals surface area (Å²) in [6, 6.07) is 17.4. The second kappa shape index (κ2) is 5.17. The van der Waals surface area contributed by atoms with Crippen molar-refractivity contribution >= 4 is 10.9 Å². The SMILES string of the molecule is OCC[S+]1Cc2ccccc2-c2ccccc2C1. The lowest BCUT2D eigenvalue weighted by Crippen LogP contribution is -2.14. The highest BCUT2D eigenvalue weighted by Gasteiger charge is 2.26. The summed E-state index contributed by atoms with van der Waals surface area (Å²) in [6.45, 7) is 0.299. The molecule has 0 saturated carbocycles. The van der Waals surface area contributed by atoms with E-state index in [-0.39, 0.29) is 10.9 Å². The summed E-state index contributed by atoms with van der Waals surface area (Å²) in [5, 5.41) is 9.21. The van der Waals surface area contributed by atoms with E-state index >= 15 is 0 Å². The molecule has 2 aromatic rings. The van der Waals surface area contributed by atoms with Crippen molar-refractivity contribution in [3.05, 3.63) is 59.7 Å². The molecular formula is C16H17OS+. The van der Waals surface area contributed by atoms with Gasteiger partial charge in [0.15, 0.2) is 0 Å². The normalized spacial score (nSPS) is 14.7. The van der Waals surface area contributed by atoms with Gasteiger partial charge in [-0.3, -0.25) is 0 Å². The number of hydrogen-bond donors (Lipinski definition) is 1. The van der Waals surface area contributed by atoms with Crippen molar-refractivity contribution in [1.82, 2.24) is 0 Å². The molecule has 0 bridgehead atoms. The van der Waals surface area contributed by atoms with Crippen LogP contribution in [0.15, 0.2) is 48.5 Å². The van der Waals surface area contributed by atoms with Crippen molar-refractivity contribution < 1.29 is 5.11 Å². The Morgan fingerprint density at radius 1 is 0.833 bits per heavy atom. The molecule has 1 N–H and O–H groups in total. The lowest BCUT2D eigenvalue weighted by molar-refractivity contribution is 0.322. The fourth-order valence-corrected chi connectivity index (χ4v) is 4.61. The molecule has 1 aliphatic rings. The van der Waals surface area contributed by atoms with E-state index in [1.165, 1.54) is 22.3 Å². The first-order valence-corrected chi connectivity index (χ1v) is 8.03. The maximum Gasteiger partial charge on any atom is 0.134 e. The molecule has 92 valence electrons. The average molecular weight is 257 g/mol. The molecule has 0 saturated heterocycles. The average Bonchev–Trinajstić information content (AvgIpc) is 2.55. The third-order valence-electron chi connectivity index (χ3n) is 3.42. The first-order chi connectivity index (χ1) is 8.88. The van der Waals surface area contributed by atoms with Crippen molar-refractivity contribution in [2.24, 2.45) is 0 Å². The number of benzene rings is 2. The molecule has 0 atom stereocenters. The predicted molar refractivity (Wildman–Crippen MR) is 78.6 cm³/mol. The van der Waals surface area contributed by atoms with Crippen LogP contribution in [0, 0.1) is 0 Å². The first kappa shape index (κ1) is 11.8. The van der Waals surface area contributed by atoms with Crippen LogP contribution in [0.4, 0.5) is 0 Å². The molecule has 2 heteroatoms. The van der Waals surface area contributed by atoms with Crippen molar-refractivity contribution in [2.75, 3.05) is 12.4 Å². The van der Waals surface area contributed by atoms with Gasteiger partial charge in [0.1, 0.15) is 17.3 Å². The lowest BCUT2D eigenvalue weighted by Gasteiger charge is -2.05. The minimum atomic E-state index is 0.265. The number of hydrogen-bond acceptors (Lipinski definition) is 1. The van der Waals surface area contributed by atoms with E-state index in [9.17, 15) is 5.11 Å². The summed E-state index contributed by atoms with van der Waals surface area (Å²) >= 11 is 0. The molecule has 1 nitrogen and oxygen atoms in total. The summed E-state index contributed by atoms with van der Waals surface area (Å²) in [7, 11) is 0.265. The van der Waals surface area contributed by atoms with Crippen LogP contribution in [0.25, 0.3) is 11.1 Å². The highest BCUT2D eigenvalue weighted by molar-refractivity contribution is 7.95. The van der Waals surface area contributed by atoms with E-state index < -0.39 is 0 Å². The van der Waals surface area contributed by atoms with E-state index in [0.29, 0.717) is 6.61 Å². The molecule has 0 aromatic heterocycles. The Labute approximate surface area is 111 Å². The van der Waals surface area contributed by atoms with Gasteiger partial charge >= 0.3 is 0 Å². The molecule has 0 spiro atoms. The summed E-state index contributed by atoms with van der Waals surface area (Å²) in [6.07, 6.45) is 0. The smallest absolute Gasteiger partial charge is 0.134 e. The second-order valence-electron chi connectivity index (χ2n) is 4.64. The molecule has 3 rings (SSSR count). The Bertz CT molecular complexity index is 503. The minimum Gasteiger partial charge on any atom is -0.391 e. The van der Waals surface area contributed by atoms with Crippen molar-refractivity contribution in [3.8, 4) is 11.1 Å². The molecule has 2 aromatic carbocycles. The topological polar surface area (TPSA) is 20.2 Å². The third kappa shape index (κ3) is 2.18. The van der Waals surface area contributed by atoms with E-state index in [1.54, 1.807) is 0 Å². The van der Waals surface area contributed by atoms with Crippen LogP contribution in [0.1, 0.15) is 11.1 Å². The van der Waals surface area contributed by atoms with Gasteiger partial charge in [-0.2, -0.15) is 0 Å². The molecule has 0 amide bonds. The maximum absolute atomic E-state index is 9.21. The summed E-state index contributed by atoms with van der Waals surface area (Å²) in [4.78, 5) is 0. The van der Waals surface area contributed by atoms with Crippen LogP contribution in [-0.4, -0.2) is 17.5 Å². The van der Waals surface area contributed by atoms with Crippen molar-refractivity contribution in [2.45, 2.75) is 11.5 Å². The van der Waals surface area contributed by atoms with E-state index in [2.05, 4.69) is 48.5 Å². The van der Waals surface area contributed by atoms with Gasteiger partial charge in [-0.15, -0.1) is 0 Å². The summed E-state index contributed by atoms with van der Waals surface area (Å²) in [5.41, 5.74) is 5.61. The molecular weight excluding hydrogens is 240 g/mol. The second-order valence-corrected chi connectivity index (χ2v) is 6.85. The third-order valence-corrected chi connectivity index (χ3v) is 5.62. The van der Waals surface area contributed by atoms with Crippen LogP contribution in [0.3, 0.4) is 0 Å². The number of aliphatic hydroxyl groups is 1. The monoisotopic (exact) mass is 257 g/mol. The van der Waals surface area contributed by atoms with E-state index in [0.717, 1.165) is 17.3 Å². The Morgan fingerprint density at radius 3 is 1.83 bits per heavy atom. The van der Waals surface area contributed by atoms with Gasteiger partial charge in [-0.1, -0.05) is 48.5 Å². The fourth-order valence-electron chi connectivity index (χ4n) is 2.58. The van der Waals surface area contributed by atoms with Gasteiger partial charge in [0.05, 0.1) is 6.61 Å². The van der Waals surface area contributed by atoms with Gasteiger partial charge in [-0.05, 0) is 22.0 Å².